The zero-order valence-electron chi connectivity index (χ0n) is 15.4. The number of hydrogen-bond donors (Lipinski definition) is 0. The Morgan fingerprint density at radius 1 is 0.880 bits per heavy atom. The van der Waals surface area contributed by atoms with E-state index in [4.69, 9.17) is 35.3 Å². The molecule has 0 aliphatic heterocycles. The van der Waals surface area contributed by atoms with Crippen LogP contribution in [-0.4, -0.2) is 52.7 Å². The minimum atomic E-state index is 0.389. The number of benzene rings is 1. The van der Waals surface area contributed by atoms with E-state index in [0.717, 1.165) is 5.39 Å². The average Bonchev–Trinajstić information content (AvgIpc) is 2.65. The van der Waals surface area contributed by atoms with Crippen molar-refractivity contribution in [3.8, 4) is 17.4 Å². The van der Waals surface area contributed by atoms with Gasteiger partial charge in [0.15, 0.2) is 0 Å². The molecule has 0 radical (unpaired) electrons. The molecule has 1 aromatic carbocycles. The first-order valence-corrected chi connectivity index (χ1v) is 8.49. The molecule has 0 unspecified atom stereocenters. The smallest absolute Gasteiger partial charge is 0.217 e. The van der Waals surface area contributed by atoms with Gasteiger partial charge in [0.1, 0.15) is 35.3 Å². The molecule has 0 aliphatic carbocycles. The SMILES string of the molecule is CC.COCCOc1cc(OC)c2ccc(OCCOC)c(Cl)c2n1. The lowest BCUT2D eigenvalue weighted by Gasteiger charge is -2.13. The van der Waals surface area contributed by atoms with Crippen molar-refractivity contribution < 1.29 is 23.7 Å². The molecule has 6 nitrogen and oxygen atoms in total. The summed E-state index contributed by atoms with van der Waals surface area (Å²) in [5, 5.41) is 1.20. The van der Waals surface area contributed by atoms with Crippen molar-refractivity contribution in [2.75, 3.05) is 47.8 Å². The molecule has 0 atom stereocenters. The molecule has 0 fully saturated rings. The van der Waals surface area contributed by atoms with Gasteiger partial charge < -0.3 is 23.7 Å². The van der Waals surface area contributed by atoms with E-state index >= 15 is 0 Å². The summed E-state index contributed by atoms with van der Waals surface area (Å²) in [6.07, 6.45) is 0. The summed E-state index contributed by atoms with van der Waals surface area (Å²) in [5.41, 5.74) is 0.563. The van der Waals surface area contributed by atoms with Crippen LogP contribution in [0, 0.1) is 0 Å². The summed E-state index contributed by atoms with van der Waals surface area (Å²) in [6.45, 7) is 5.74. The molecule has 7 heteroatoms. The molecule has 0 N–H and O–H groups in total. The van der Waals surface area contributed by atoms with Gasteiger partial charge >= 0.3 is 0 Å². The first kappa shape index (κ1) is 21.3. The van der Waals surface area contributed by atoms with Crippen LogP contribution < -0.4 is 14.2 Å². The number of fused-ring (bicyclic) bond motifs is 1. The Kier molecular flexibility index (Phi) is 9.99. The zero-order chi connectivity index (χ0) is 18.7. The van der Waals surface area contributed by atoms with Crippen molar-refractivity contribution in [1.82, 2.24) is 4.98 Å². The molecule has 2 aromatic rings. The third kappa shape index (κ3) is 5.92. The number of halogens is 1. The van der Waals surface area contributed by atoms with Crippen LogP contribution in [-0.2, 0) is 9.47 Å². The van der Waals surface area contributed by atoms with Crippen LogP contribution >= 0.6 is 11.6 Å². The van der Waals surface area contributed by atoms with E-state index in [0.29, 0.717) is 54.3 Å². The molecule has 0 spiro atoms. The van der Waals surface area contributed by atoms with Crippen molar-refractivity contribution in [3.05, 3.63) is 23.2 Å². The van der Waals surface area contributed by atoms with Crippen LogP contribution in [0.2, 0.25) is 5.02 Å². The number of nitrogens with zero attached hydrogens (tertiary/aromatic N) is 1. The van der Waals surface area contributed by atoms with Crippen molar-refractivity contribution in [1.29, 1.82) is 0 Å². The van der Waals surface area contributed by atoms with E-state index in [-0.39, 0.29) is 0 Å². The van der Waals surface area contributed by atoms with Crippen LogP contribution in [0.4, 0.5) is 0 Å². The highest BCUT2D eigenvalue weighted by molar-refractivity contribution is 6.36. The molecule has 0 bridgehead atoms. The van der Waals surface area contributed by atoms with Gasteiger partial charge in [-0.25, -0.2) is 4.98 Å². The Morgan fingerprint density at radius 2 is 1.52 bits per heavy atom. The van der Waals surface area contributed by atoms with Crippen LogP contribution in [0.3, 0.4) is 0 Å². The van der Waals surface area contributed by atoms with E-state index in [1.54, 1.807) is 33.5 Å². The monoisotopic (exact) mass is 371 g/mol. The average molecular weight is 372 g/mol. The molecule has 2 rings (SSSR count). The van der Waals surface area contributed by atoms with E-state index in [9.17, 15) is 0 Å². The Labute approximate surface area is 153 Å². The van der Waals surface area contributed by atoms with Crippen molar-refractivity contribution in [2.24, 2.45) is 0 Å². The number of aromatic nitrogens is 1. The van der Waals surface area contributed by atoms with Gasteiger partial charge in [-0.05, 0) is 12.1 Å². The van der Waals surface area contributed by atoms with Crippen LogP contribution in [0.15, 0.2) is 18.2 Å². The summed E-state index contributed by atoms with van der Waals surface area (Å²) in [5.74, 6) is 1.59. The summed E-state index contributed by atoms with van der Waals surface area (Å²) in [4.78, 5) is 4.44. The lowest BCUT2D eigenvalue weighted by Crippen LogP contribution is -2.06. The van der Waals surface area contributed by atoms with Gasteiger partial charge in [0.25, 0.3) is 0 Å². The fraction of sp³-hybridized carbons (Fsp3) is 0.500. The predicted molar refractivity (Wildman–Crippen MR) is 99.4 cm³/mol. The topological polar surface area (TPSA) is 59.0 Å². The number of ether oxygens (including phenoxy) is 5. The second-order valence-electron chi connectivity index (χ2n) is 4.62. The van der Waals surface area contributed by atoms with E-state index < -0.39 is 0 Å². The minimum absolute atomic E-state index is 0.389. The Hall–Kier alpha value is -1.76. The highest BCUT2D eigenvalue weighted by Gasteiger charge is 2.14. The van der Waals surface area contributed by atoms with Crippen LogP contribution in [0.5, 0.6) is 17.4 Å². The van der Waals surface area contributed by atoms with Crippen molar-refractivity contribution in [2.45, 2.75) is 13.8 Å². The Bertz CT molecular complexity index is 651. The maximum Gasteiger partial charge on any atom is 0.217 e. The highest BCUT2D eigenvalue weighted by atomic mass is 35.5. The largest absolute Gasteiger partial charge is 0.496 e. The van der Waals surface area contributed by atoms with E-state index in [1.165, 1.54) is 0 Å². The Morgan fingerprint density at radius 3 is 2.12 bits per heavy atom. The molecular weight excluding hydrogens is 346 g/mol. The normalized spacial score (nSPS) is 10.2. The van der Waals surface area contributed by atoms with E-state index in [2.05, 4.69) is 4.98 Å². The molecule has 1 heterocycles. The maximum absolute atomic E-state index is 6.42. The lowest BCUT2D eigenvalue weighted by atomic mass is 10.2. The van der Waals surface area contributed by atoms with Gasteiger partial charge in [0.05, 0.1) is 20.3 Å². The number of hydrogen-bond acceptors (Lipinski definition) is 6. The fourth-order valence-corrected chi connectivity index (χ4v) is 2.27. The highest BCUT2D eigenvalue weighted by Crippen LogP contribution is 2.37. The Balaban J connectivity index is 0.00000151. The van der Waals surface area contributed by atoms with Gasteiger partial charge in [0.2, 0.25) is 5.88 Å². The molecule has 0 aliphatic rings. The van der Waals surface area contributed by atoms with Gasteiger partial charge in [-0.1, -0.05) is 25.4 Å². The first-order chi connectivity index (χ1) is 12.2. The molecule has 0 saturated heterocycles. The molecule has 140 valence electrons. The quantitative estimate of drug-likeness (QED) is 0.621. The maximum atomic E-state index is 6.42. The fourth-order valence-electron chi connectivity index (χ4n) is 2.01. The third-order valence-electron chi connectivity index (χ3n) is 3.13. The summed E-state index contributed by atoms with van der Waals surface area (Å²) >= 11 is 6.42. The summed E-state index contributed by atoms with van der Waals surface area (Å²) in [7, 11) is 4.81. The lowest BCUT2D eigenvalue weighted by molar-refractivity contribution is 0.143. The second-order valence-corrected chi connectivity index (χ2v) is 5.00. The minimum Gasteiger partial charge on any atom is -0.496 e. The zero-order valence-corrected chi connectivity index (χ0v) is 16.2. The van der Waals surface area contributed by atoms with Gasteiger partial charge in [-0.3, -0.25) is 0 Å². The standard InChI is InChI=1S/C16H20ClNO5.C2H6/c1-19-6-8-22-12-5-4-11-13(21-3)10-14(23-9-7-20-2)18-16(11)15(12)17;1-2/h4-5,10H,6-9H2,1-3H3;1-2H3. The predicted octanol–water partition coefficient (Wildman–Crippen LogP) is 3.97. The third-order valence-corrected chi connectivity index (χ3v) is 3.49. The summed E-state index contributed by atoms with van der Waals surface area (Å²) < 4.78 is 26.5. The first-order valence-electron chi connectivity index (χ1n) is 8.12. The van der Waals surface area contributed by atoms with Crippen molar-refractivity contribution >= 4 is 22.5 Å². The van der Waals surface area contributed by atoms with Gasteiger partial charge in [-0.15, -0.1) is 0 Å². The van der Waals surface area contributed by atoms with Crippen LogP contribution in [0.25, 0.3) is 10.9 Å². The molecular formula is C18H26ClNO5. The summed E-state index contributed by atoms with van der Waals surface area (Å²) in [6, 6.07) is 5.36. The number of pyridine rings is 1. The molecule has 25 heavy (non-hydrogen) atoms. The van der Waals surface area contributed by atoms with E-state index in [1.807, 2.05) is 19.9 Å². The molecule has 0 saturated carbocycles. The number of methoxy groups -OCH3 is 3. The van der Waals surface area contributed by atoms with Crippen molar-refractivity contribution in [3.63, 3.8) is 0 Å². The van der Waals surface area contributed by atoms with Gasteiger partial charge in [0, 0.05) is 25.7 Å². The van der Waals surface area contributed by atoms with Crippen LogP contribution in [0.1, 0.15) is 13.8 Å². The number of rotatable bonds is 9. The second kappa shape index (κ2) is 11.7. The molecule has 0 amide bonds. The molecule has 1 aromatic heterocycles. The van der Waals surface area contributed by atoms with Gasteiger partial charge in [-0.2, -0.15) is 0 Å².